The van der Waals surface area contributed by atoms with Gasteiger partial charge >= 0.3 is 0 Å². The van der Waals surface area contributed by atoms with Crippen LogP contribution in [0, 0.1) is 16.6 Å². The molecule has 0 aromatic heterocycles. The molecule has 1 fully saturated rings. The Morgan fingerprint density at radius 3 is 2.54 bits per heavy atom. The fourth-order valence-corrected chi connectivity index (χ4v) is 2.93. The summed E-state index contributed by atoms with van der Waals surface area (Å²) >= 11 is 0. The Kier molecular flexibility index (Phi) is 7.69. The zero-order chi connectivity index (χ0) is 20.7. The number of methoxy groups -OCH3 is 1. The van der Waals surface area contributed by atoms with Crippen LogP contribution < -0.4 is 10.5 Å². The Balaban J connectivity index is 1.94. The number of likely N-dealkylation sites (tertiary alicyclic amines) is 1. The van der Waals surface area contributed by atoms with Crippen molar-refractivity contribution >= 4 is 17.5 Å². The molecule has 152 valence electrons. The number of halogens is 1. The van der Waals surface area contributed by atoms with Gasteiger partial charge in [-0.25, -0.2) is 9.38 Å². The quantitative estimate of drug-likeness (QED) is 0.513. The Bertz CT molecular complexity index is 783. The Hall–Kier alpha value is -2.74. The molecule has 28 heavy (non-hydrogen) atoms. The highest BCUT2D eigenvalue weighted by molar-refractivity contribution is 6.09. The molecule has 1 aromatic carbocycles. The molecule has 1 aliphatic rings. The zero-order valence-corrected chi connectivity index (χ0v) is 16.6. The van der Waals surface area contributed by atoms with Crippen LogP contribution in [-0.2, 0) is 4.74 Å². The fraction of sp³-hybridized carbons (Fsp3) is 0.450. The average molecular weight is 389 g/mol. The van der Waals surface area contributed by atoms with Gasteiger partial charge < -0.3 is 20.1 Å². The van der Waals surface area contributed by atoms with Crippen molar-refractivity contribution < 1.29 is 13.9 Å². The molecule has 0 atom stereocenters. The van der Waals surface area contributed by atoms with Crippen LogP contribution in [0.1, 0.15) is 26.7 Å². The molecule has 1 aliphatic heterocycles. The van der Waals surface area contributed by atoms with Gasteiger partial charge in [-0.2, -0.15) is 0 Å². The first-order valence-corrected chi connectivity index (χ1v) is 9.16. The van der Waals surface area contributed by atoms with Crippen molar-refractivity contribution in [2.45, 2.75) is 32.8 Å². The predicted octanol–water partition coefficient (Wildman–Crippen LogP) is 2.96. The molecule has 1 saturated heterocycles. The predicted molar refractivity (Wildman–Crippen MR) is 109 cm³/mol. The van der Waals surface area contributed by atoms with Crippen LogP contribution >= 0.6 is 0 Å². The van der Waals surface area contributed by atoms with Gasteiger partial charge in [0, 0.05) is 39.1 Å². The lowest BCUT2D eigenvalue weighted by Gasteiger charge is -2.34. The van der Waals surface area contributed by atoms with Crippen molar-refractivity contribution in [1.29, 1.82) is 10.8 Å². The molecule has 0 amide bonds. The summed E-state index contributed by atoms with van der Waals surface area (Å²) in [6.07, 6.45) is 1.47. The van der Waals surface area contributed by atoms with Gasteiger partial charge in [-0.1, -0.05) is 6.07 Å². The van der Waals surface area contributed by atoms with Crippen LogP contribution in [0.25, 0.3) is 0 Å². The maximum absolute atomic E-state index is 13.3. The molecule has 0 aliphatic carbocycles. The van der Waals surface area contributed by atoms with E-state index in [2.05, 4.69) is 4.99 Å². The first-order chi connectivity index (χ1) is 13.3. The van der Waals surface area contributed by atoms with E-state index in [0.717, 1.165) is 12.8 Å². The monoisotopic (exact) mass is 389 g/mol. The summed E-state index contributed by atoms with van der Waals surface area (Å²) < 4.78 is 24.0. The summed E-state index contributed by atoms with van der Waals surface area (Å²) in [5.41, 5.74) is 6.97. The first-order valence-electron chi connectivity index (χ1n) is 9.16. The third-order valence-electron chi connectivity index (χ3n) is 4.68. The topological polar surface area (TPSA) is 108 Å². The highest BCUT2D eigenvalue weighted by atomic mass is 19.1. The summed E-state index contributed by atoms with van der Waals surface area (Å²) in [5.74, 6) is 0.833. The van der Waals surface area contributed by atoms with E-state index in [9.17, 15) is 4.39 Å². The first kappa shape index (κ1) is 21.6. The minimum atomic E-state index is -0.316. The highest BCUT2D eigenvalue weighted by Crippen LogP contribution is 2.21. The lowest BCUT2D eigenvalue weighted by molar-refractivity contribution is 0.130. The van der Waals surface area contributed by atoms with Crippen molar-refractivity contribution in [3.05, 3.63) is 41.2 Å². The smallest absolute Gasteiger partial charge is 0.149 e. The molecule has 7 nitrogen and oxygen atoms in total. The van der Waals surface area contributed by atoms with Gasteiger partial charge in [0.1, 0.15) is 41.8 Å². The molecule has 0 saturated carbocycles. The fourth-order valence-electron chi connectivity index (χ4n) is 2.93. The van der Waals surface area contributed by atoms with Crippen LogP contribution in [-0.4, -0.2) is 55.3 Å². The summed E-state index contributed by atoms with van der Waals surface area (Å²) in [4.78, 5) is 5.97. The zero-order valence-electron chi connectivity index (χ0n) is 16.6. The van der Waals surface area contributed by atoms with E-state index in [1.54, 1.807) is 19.1 Å². The average Bonchev–Trinajstić information content (AvgIpc) is 2.67. The normalized spacial score (nSPS) is 16.6. The number of nitrogens with two attached hydrogens (primary N) is 1. The SMILES string of the molecule is COCC(N)=NC(=N)/C(C)=C(/C)C(=N)N1CCC(Oc2cccc(F)c2)CC1. The molecule has 0 unspecified atom stereocenters. The largest absolute Gasteiger partial charge is 0.490 e. The molecule has 0 bridgehead atoms. The number of aliphatic imine (C=N–C) groups is 1. The van der Waals surface area contributed by atoms with E-state index in [4.69, 9.17) is 26.0 Å². The Morgan fingerprint density at radius 2 is 1.93 bits per heavy atom. The van der Waals surface area contributed by atoms with E-state index in [-0.39, 0.29) is 30.2 Å². The number of piperidine rings is 1. The number of hydrogen-bond acceptors (Lipinski definition) is 4. The van der Waals surface area contributed by atoms with Crippen LogP contribution in [0.4, 0.5) is 4.39 Å². The second-order valence-electron chi connectivity index (χ2n) is 6.74. The van der Waals surface area contributed by atoms with E-state index < -0.39 is 0 Å². The van der Waals surface area contributed by atoms with Crippen molar-refractivity contribution in [2.24, 2.45) is 10.7 Å². The van der Waals surface area contributed by atoms with Crippen LogP contribution in [0.5, 0.6) is 5.75 Å². The molecule has 4 N–H and O–H groups in total. The van der Waals surface area contributed by atoms with Gasteiger partial charge in [-0.15, -0.1) is 0 Å². The minimum absolute atomic E-state index is 0.00651. The summed E-state index contributed by atoms with van der Waals surface area (Å²) in [5, 5.41) is 16.5. The van der Waals surface area contributed by atoms with Gasteiger partial charge in [-0.05, 0) is 37.1 Å². The van der Waals surface area contributed by atoms with Crippen molar-refractivity contribution in [1.82, 2.24) is 4.90 Å². The number of rotatable bonds is 6. The maximum Gasteiger partial charge on any atom is 0.149 e. The third-order valence-corrected chi connectivity index (χ3v) is 4.68. The number of ether oxygens (including phenoxy) is 2. The number of nitrogens with zero attached hydrogens (tertiary/aromatic N) is 2. The van der Waals surface area contributed by atoms with E-state index in [1.807, 2.05) is 11.8 Å². The molecule has 0 spiro atoms. The van der Waals surface area contributed by atoms with E-state index in [0.29, 0.717) is 35.8 Å². The van der Waals surface area contributed by atoms with Gasteiger partial charge in [0.15, 0.2) is 0 Å². The molecule has 0 radical (unpaired) electrons. The molecule has 2 rings (SSSR count). The highest BCUT2D eigenvalue weighted by Gasteiger charge is 2.24. The second kappa shape index (κ2) is 9.98. The summed E-state index contributed by atoms with van der Waals surface area (Å²) in [6, 6.07) is 6.14. The Labute approximate surface area is 165 Å². The minimum Gasteiger partial charge on any atom is -0.490 e. The second-order valence-corrected chi connectivity index (χ2v) is 6.74. The summed E-state index contributed by atoms with van der Waals surface area (Å²) in [7, 11) is 1.51. The standard InChI is InChI=1S/C20H28FN5O2/c1-13(19(23)25-18(22)12-27-3)14(2)20(24)26-9-7-16(8-10-26)28-17-6-4-5-15(21)11-17/h4-6,11,16,24H,7-10,12H2,1-3H3,(H3,22,23,25)/b14-13-,24-20?. The maximum atomic E-state index is 13.3. The van der Waals surface area contributed by atoms with E-state index in [1.165, 1.54) is 19.2 Å². The van der Waals surface area contributed by atoms with Gasteiger partial charge in [0.2, 0.25) is 0 Å². The molecular weight excluding hydrogens is 361 g/mol. The lowest BCUT2D eigenvalue weighted by Crippen LogP contribution is -2.42. The van der Waals surface area contributed by atoms with Gasteiger partial charge in [0.05, 0.1) is 0 Å². The van der Waals surface area contributed by atoms with Crippen molar-refractivity contribution in [2.75, 3.05) is 26.8 Å². The molecule has 8 heteroatoms. The van der Waals surface area contributed by atoms with E-state index >= 15 is 0 Å². The number of amidine groups is 3. The van der Waals surface area contributed by atoms with Crippen LogP contribution in [0.2, 0.25) is 0 Å². The van der Waals surface area contributed by atoms with Crippen LogP contribution in [0.3, 0.4) is 0 Å². The van der Waals surface area contributed by atoms with Crippen molar-refractivity contribution in [3.8, 4) is 5.75 Å². The number of hydrogen-bond donors (Lipinski definition) is 3. The molecule has 1 aromatic rings. The summed E-state index contributed by atoms with van der Waals surface area (Å²) in [6.45, 7) is 5.04. The molecule has 1 heterocycles. The number of nitrogens with one attached hydrogen (secondary N) is 2. The van der Waals surface area contributed by atoms with Crippen LogP contribution in [0.15, 0.2) is 40.4 Å². The number of benzene rings is 1. The lowest BCUT2D eigenvalue weighted by atomic mass is 10.0. The Morgan fingerprint density at radius 1 is 1.25 bits per heavy atom. The third kappa shape index (κ3) is 5.88. The van der Waals surface area contributed by atoms with Gasteiger partial charge in [0.25, 0.3) is 0 Å². The molecular formula is C20H28FN5O2. The van der Waals surface area contributed by atoms with Crippen molar-refractivity contribution in [3.63, 3.8) is 0 Å². The van der Waals surface area contributed by atoms with Gasteiger partial charge in [-0.3, -0.25) is 10.8 Å².